The van der Waals surface area contributed by atoms with Crippen LogP contribution in [0, 0.1) is 11.6 Å². The third kappa shape index (κ3) is 1.61. The normalized spacial score (nSPS) is 10.4. The number of thiophene rings is 1. The van der Waals surface area contributed by atoms with Crippen molar-refractivity contribution in [3.05, 3.63) is 41.3 Å². The second-order valence-corrected chi connectivity index (χ2v) is 3.80. The average molecular weight is 211 g/mol. The Kier molecular flexibility index (Phi) is 2.21. The van der Waals surface area contributed by atoms with Crippen LogP contribution >= 0.6 is 11.3 Å². The largest absolute Gasteiger partial charge is 0.391 e. The van der Waals surface area contributed by atoms with Crippen LogP contribution in [0.25, 0.3) is 11.1 Å². The molecular formula is C10H7F2NS. The van der Waals surface area contributed by atoms with E-state index in [2.05, 4.69) is 0 Å². The number of halogens is 2. The van der Waals surface area contributed by atoms with Crippen LogP contribution in [-0.4, -0.2) is 0 Å². The van der Waals surface area contributed by atoms with Gasteiger partial charge in [0.15, 0.2) is 0 Å². The van der Waals surface area contributed by atoms with E-state index in [0.29, 0.717) is 16.1 Å². The zero-order valence-electron chi connectivity index (χ0n) is 7.13. The maximum atomic E-state index is 13.3. The number of anilines is 1. The van der Waals surface area contributed by atoms with E-state index in [1.807, 2.05) is 0 Å². The second-order valence-electron chi connectivity index (χ2n) is 2.86. The van der Waals surface area contributed by atoms with Crippen molar-refractivity contribution in [1.29, 1.82) is 0 Å². The molecule has 0 fully saturated rings. The minimum Gasteiger partial charge on any atom is -0.391 e. The summed E-state index contributed by atoms with van der Waals surface area (Å²) in [6.07, 6.45) is 0. The summed E-state index contributed by atoms with van der Waals surface area (Å²) in [5.41, 5.74) is 6.58. The van der Waals surface area contributed by atoms with Gasteiger partial charge >= 0.3 is 0 Å². The van der Waals surface area contributed by atoms with Crippen molar-refractivity contribution in [3.8, 4) is 11.1 Å². The third-order valence-electron chi connectivity index (χ3n) is 1.86. The van der Waals surface area contributed by atoms with Gasteiger partial charge in [-0.1, -0.05) is 0 Å². The molecule has 1 nitrogen and oxygen atoms in total. The van der Waals surface area contributed by atoms with Crippen molar-refractivity contribution in [2.75, 3.05) is 5.73 Å². The first-order valence-corrected chi connectivity index (χ1v) is 4.84. The molecule has 14 heavy (non-hydrogen) atoms. The van der Waals surface area contributed by atoms with Gasteiger partial charge < -0.3 is 5.73 Å². The molecule has 0 atom stereocenters. The summed E-state index contributed by atoms with van der Waals surface area (Å²) in [5, 5.41) is 2.36. The molecule has 1 aromatic carbocycles. The van der Waals surface area contributed by atoms with E-state index in [4.69, 9.17) is 5.73 Å². The van der Waals surface area contributed by atoms with Crippen molar-refractivity contribution in [3.63, 3.8) is 0 Å². The van der Waals surface area contributed by atoms with Crippen molar-refractivity contribution >= 4 is 16.3 Å². The van der Waals surface area contributed by atoms with Crippen LogP contribution in [0.2, 0.25) is 0 Å². The minimum absolute atomic E-state index is 0.374. The predicted molar refractivity (Wildman–Crippen MR) is 54.1 cm³/mol. The number of hydrogen-bond donors (Lipinski definition) is 1. The van der Waals surface area contributed by atoms with Crippen LogP contribution in [-0.2, 0) is 0 Å². The average Bonchev–Trinajstić information content (AvgIpc) is 2.51. The van der Waals surface area contributed by atoms with E-state index in [0.717, 1.165) is 6.07 Å². The molecule has 1 aromatic heterocycles. The summed E-state index contributed by atoms with van der Waals surface area (Å²) < 4.78 is 25.9. The lowest BCUT2D eigenvalue weighted by Crippen LogP contribution is -1.84. The zero-order chi connectivity index (χ0) is 10.1. The molecule has 4 heteroatoms. The SMILES string of the molecule is Nc1cc(-c2ccc(F)cc2F)cs1. The van der Waals surface area contributed by atoms with Gasteiger partial charge in [-0.15, -0.1) is 11.3 Å². The summed E-state index contributed by atoms with van der Waals surface area (Å²) in [4.78, 5) is 0. The van der Waals surface area contributed by atoms with Gasteiger partial charge in [0.2, 0.25) is 0 Å². The smallest absolute Gasteiger partial charge is 0.133 e. The Hall–Kier alpha value is -1.42. The number of nitrogen functional groups attached to an aromatic ring is 1. The van der Waals surface area contributed by atoms with Crippen LogP contribution in [0.1, 0.15) is 0 Å². The van der Waals surface area contributed by atoms with Crippen molar-refractivity contribution in [2.45, 2.75) is 0 Å². The quantitative estimate of drug-likeness (QED) is 0.769. The first kappa shape index (κ1) is 9.15. The number of rotatable bonds is 1. The minimum atomic E-state index is -0.575. The zero-order valence-corrected chi connectivity index (χ0v) is 7.94. The summed E-state index contributed by atoms with van der Waals surface area (Å²) in [5.74, 6) is -1.14. The number of nitrogens with two attached hydrogens (primary N) is 1. The number of benzene rings is 1. The van der Waals surface area contributed by atoms with E-state index < -0.39 is 11.6 Å². The van der Waals surface area contributed by atoms with Crippen molar-refractivity contribution < 1.29 is 8.78 Å². The van der Waals surface area contributed by atoms with Crippen LogP contribution in [0.3, 0.4) is 0 Å². The fraction of sp³-hybridized carbons (Fsp3) is 0. The molecule has 1 heterocycles. The number of hydrogen-bond acceptors (Lipinski definition) is 2. The molecule has 0 bridgehead atoms. The highest BCUT2D eigenvalue weighted by atomic mass is 32.1. The van der Waals surface area contributed by atoms with Crippen molar-refractivity contribution in [2.24, 2.45) is 0 Å². The van der Waals surface area contributed by atoms with Gasteiger partial charge in [-0.25, -0.2) is 8.78 Å². The van der Waals surface area contributed by atoms with E-state index in [1.54, 1.807) is 11.4 Å². The second kappa shape index (κ2) is 3.38. The molecule has 0 aliphatic heterocycles. The first-order valence-electron chi connectivity index (χ1n) is 3.96. The van der Waals surface area contributed by atoms with Gasteiger partial charge in [0, 0.05) is 17.0 Å². The highest BCUT2D eigenvalue weighted by Gasteiger charge is 2.07. The van der Waals surface area contributed by atoms with Gasteiger partial charge in [-0.05, 0) is 23.8 Å². The fourth-order valence-electron chi connectivity index (χ4n) is 1.22. The predicted octanol–water partition coefficient (Wildman–Crippen LogP) is 3.28. The first-order chi connectivity index (χ1) is 6.66. The molecule has 0 aliphatic carbocycles. The molecule has 0 amide bonds. The molecule has 0 radical (unpaired) electrons. The molecular weight excluding hydrogens is 204 g/mol. The maximum absolute atomic E-state index is 13.3. The fourth-order valence-corrected chi connectivity index (χ4v) is 1.87. The van der Waals surface area contributed by atoms with E-state index in [9.17, 15) is 8.78 Å². The summed E-state index contributed by atoms with van der Waals surface area (Å²) in [6, 6.07) is 5.17. The highest BCUT2D eigenvalue weighted by Crippen LogP contribution is 2.29. The Morgan fingerprint density at radius 3 is 2.50 bits per heavy atom. The topological polar surface area (TPSA) is 26.0 Å². The molecule has 2 N–H and O–H groups in total. The van der Waals surface area contributed by atoms with Crippen molar-refractivity contribution in [1.82, 2.24) is 0 Å². The maximum Gasteiger partial charge on any atom is 0.133 e. The monoisotopic (exact) mass is 211 g/mol. The summed E-state index contributed by atoms with van der Waals surface area (Å²) >= 11 is 1.33. The van der Waals surface area contributed by atoms with Gasteiger partial charge in [-0.3, -0.25) is 0 Å². The lowest BCUT2D eigenvalue weighted by Gasteiger charge is -1.99. The Labute approximate surface area is 83.8 Å². The Morgan fingerprint density at radius 2 is 1.93 bits per heavy atom. The van der Waals surface area contributed by atoms with Gasteiger partial charge in [0.05, 0.1) is 5.00 Å². The summed E-state index contributed by atoms with van der Waals surface area (Å²) in [7, 11) is 0. The van der Waals surface area contributed by atoms with E-state index >= 15 is 0 Å². The van der Waals surface area contributed by atoms with Gasteiger partial charge in [-0.2, -0.15) is 0 Å². The molecule has 2 rings (SSSR count). The summed E-state index contributed by atoms with van der Waals surface area (Å²) in [6.45, 7) is 0. The molecule has 0 saturated heterocycles. The van der Waals surface area contributed by atoms with Crippen LogP contribution < -0.4 is 5.73 Å². The van der Waals surface area contributed by atoms with Crippen LogP contribution in [0.4, 0.5) is 13.8 Å². The Morgan fingerprint density at radius 1 is 1.14 bits per heavy atom. The molecule has 2 aromatic rings. The van der Waals surface area contributed by atoms with E-state index in [-0.39, 0.29) is 0 Å². The van der Waals surface area contributed by atoms with Crippen LogP contribution in [0.5, 0.6) is 0 Å². The standard InChI is InChI=1S/C10H7F2NS/c11-7-1-2-8(9(12)4-7)6-3-10(13)14-5-6/h1-5H,13H2. The van der Waals surface area contributed by atoms with E-state index in [1.165, 1.54) is 23.5 Å². The van der Waals surface area contributed by atoms with Gasteiger partial charge in [0.1, 0.15) is 11.6 Å². The Balaban J connectivity index is 2.52. The molecule has 72 valence electrons. The molecule has 0 saturated carbocycles. The Bertz CT molecular complexity index is 465. The van der Waals surface area contributed by atoms with Gasteiger partial charge in [0.25, 0.3) is 0 Å². The lowest BCUT2D eigenvalue weighted by atomic mass is 10.1. The lowest BCUT2D eigenvalue weighted by molar-refractivity contribution is 0.585. The highest BCUT2D eigenvalue weighted by molar-refractivity contribution is 7.14. The molecule has 0 unspecified atom stereocenters. The molecule has 0 spiro atoms. The molecule has 0 aliphatic rings. The van der Waals surface area contributed by atoms with Crippen LogP contribution in [0.15, 0.2) is 29.6 Å². The third-order valence-corrected chi connectivity index (χ3v) is 2.62.